The number of allylic oxidation sites excluding steroid dienone is 2. The van der Waals surface area contributed by atoms with Crippen LogP contribution >= 0.6 is 0 Å². The number of Topliss-reactive ketones (excluding diaryl/α,β-unsaturated/α-hetero) is 1. The van der Waals surface area contributed by atoms with Crippen LogP contribution < -0.4 is 0 Å². The van der Waals surface area contributed by atoms with Crippen LogP contribution in [0.1, 0.15) is 113 Å². The van der Waals surface area contributed by atoms with Crippen LogP contribution in [0.25, 0.3) is 0 Å². The first-order valence-electron chi connectivity index (χ1n) is 13.4. The SMILES string of the molecule is CC(C)CCC[C@@H](C)[C@H]1CC[C@@]2(C)C3=C(CC[C@]12C)[C@@]1(C)CC[C@H](O)[C@@H](C)[C@@H]1CC3=O. The van der Waals surface area contributed by atoms with Gasteiger partial charge in [0.05, 0.1) is 6.10 Å². The van der Waals surface area contributed by atoms with Crippen molar-refractivity contribution in [1.82, 2.24) is 0 Å². The van der Waals surface area contributed by atoms with Crippen molar-refractivity contribution in [1.29, 1.82) is 0 Å². The van der Waals surface area contributed by atoms with Crippen molar-refractivity contribution in [2.75, 3.05) is 0 Å². The molecule has 31 heavy (non-hydrogen) atoms. The monoisotopic (exact) mass is 428 g/mol. The first kappa shape index (κ1) is 23.5. The number of aliphatic hydroxyl groups is 1. The smallest absolute Gasteiger partial charge is 0.159 e. The van der Waals surface area contributed by atoms with Crippen LogP contribution in [0.5, 0.6) is 0 Å². The van der Waals surface area contributed by atoms with E-state index in [-0.39, 0.29) is 28.3 Å². The molecule has 2 heteroatoms. The van der Waals surface area contributed by atoms with Gasteiger partial charge in [-0.15, -0.1) is 0 Å². The summed E-state index contributed by atoms with van der Waals surface area (Å²) in [6.07, 6.45) is 11.2. The van der Waals surface area contributed by atoms with E-state index in [4.69, 9.17) is 0 Å². The molecule has 0 spiro atoms. The molecule has 0 radical (unpaired) electrons. The van der Waals surface area contributed by atoms with Gasteiger partial charge in [-0.2, -0.15) is 0 Å². The number of hydrogen-bond donors (Lipinski definition) is 1. The molecule has 2 nitrogen and oxygen atoms in total. The highest BCUT2D eigenvalue weighted by Crippen LogP contribution is 2.71. The molecule has 0 saturated heterocycles. The molecule has 0 aliphatic heterocycles. The number of hydrogen-bond acceptors (Lipinski definition) is 2. The molecule has 4 rings (SSSR count). The van der Waals surface area contributed by atoms with Crippen molar-refractivity contribution < 1.29 is 9.90 Å². The fraction of sp³-hybridized carbons (Fsp3) is 0.897. The Bertz CT molecular complexity index is 750. The molecule has 0 bridgehead atoms. The van der Waals surface area contributed by atoms with Crippen molar-refractivity contribution in [3.63, 3.8) is 0 Å². The number of rotatable bonds is 5. The van der Waals surface area contributed by atoms with Crippen LogP contribution in [0.2, 0.25) is 0 Å². The molecule has 1 N–H and O–H groups in total. The fourth-order valence-corrected chi connectivity index (χ4v) is 9.01. The molecule has 0 aromatic rings. The second kappa shape index (κ2) is 8.00. The van der Waals surface area contributed by atoms with Crippen molar-refractivity contribution in [2.24, 2.45) is 45.8 Å². The maximum Gasteiger partial charge on any atom is 0.159 e. The van der Waals surface area contributed by atoms with E-state index in [0.717, 1.165) is 37.0 Å². The van der Waals surface area contributed by atoms with Gasteiger partial charge < -0.3 is 5.11 Å². The lowest BCUT2D eigenvalue weighted by Gasteiger charge is -2.59. The van der Waals surface area contributed by atoms with Gasteiger partial charge >= 0.3 is 0 Å². The molecule has 0 amide bonds. The van der Waals surface area contributed by atoms with Gasteiger partial charge in [0.2, 0.25) is 0 Å². The first-order valence-corrected chi connectivity index (χ1v) is 13.4. The van der Waals surface area contributed by atoms with Gasteiger partial charge in [-0.3, -0.25) is 4.79 Å². The first-order chi connectivity index (χ1) is 14.5. The zero-order valence-electron chi connectivity index (χ0n) is 21.4. The molecular formula is C29H48O2. The summed E-state index contributed by atoms with van der Waals surface area (Å²) in [5.41, 5.74) is 3.19. The Morgan fingerprint density at radius 3 is 2.42 bits per heavy atom. The molecule has 0 unspecified atom stereocenters. The molecule has 2 fully saturated rings. The van der Waals surface area contributed by atoms with Gasteiger partial charge in [0.1, 0.15) is 0 Å². The minimum atomic E-state index is -0.236. The van der Waals surface area contributed by atoms with Crippen LogP contribution in [-0.2, 0) is 4.79 Å². The van der Waals surface area contributed by atoms with Crippen LogP contribution in [0, 0.1) is 45.8 Å². The lowest BCUT2D eigenvalue weighted by Crippen LogP contribution is -2.54. The Balaban J connectivity index is 1.66. The maximum atomic E-state index is 13.8. The molecule has 8 atom stereocenters. The fourth-order valence-electron chi connectivity index (χ4n) is 9.01. The molecular weight excluding hydrogens is 380 g/mol. The standard InChI is InChI=1S/C29H48O2/c1-18(2)9-8-10-19(3)21-11-16-29(7)26-22(12-15-28(21,29)6)27(5)14-13-24(30)20(4)23(27)17-25(26)31/h18-21,23-24,30H,8-17H2,1-7H3/t19-,20+,21-,23+,24+,27-,28-,29+/m1/s1. The van der Waals surface area contributed by atoms with Gasteiger partial charge in [0.25, 0.3) is 0 Å². The highest BCUT2D eigenvalue weighted by atomic mass is 16.3. The van der Waals surface area contributed by atoms with E-state index >= 15 is 0 Å². The third-order valence-electron chi connectivity index (χ3n) is 11.3. The Hall–Kier alpha value is -0.630. The van der Waals surface area contributed by atoms with Crippen molar-refractivity contribution in [2.45, 2.75) is 119 Å². The molecule has 4 aliphatic carbocycles. The molecule has 0 aromatic carbocycles. The van der Waals surface area contributed by atoms with Crippen molar-refractivity contribution >= 4 is 5.78 Å². The lowest BCUT2D eigenvalue weighted by atomic mass is 9.45. The van der Waals surface area contributed by atoms with Crippen LogP contribution in [0.15, 0.2) is 11.1 Å². The van der Waals surface area contributed by atoms with Crippen molar-refractivity contribution in [3.8, 4) is 0 Å². The molecule has 4 aliphatic rings. The summed E-state index contributed by atoms with van der Waals surface area (Å²) in [5.74, 6) is 3.27. The minimum Gasteiger partial charge on any atom is -0.393 e. The average Bonchev–Trinajstić information content (AvgIpc) is 2.98. The minimum absolute atomic E-state index is 0.0436. The van der Waals surface area contributed by atoms with E-state index < -0.39 is 0 Å². The predicted molar refractivity (Wildman–Crippen MR) is 129 cm³/mol. The number of ketones is 1. The van der Waals surface area contributed by atoms with Gasteiger partial charge in [-0.25, -0.2) is 0 Å². The predicted octanol–water partition coefficient (Wildman–Crippen LogP) is 7.35. The van der Waals surface area contributed by atoms with E-state index in [1.54, 1.807) is 0 Å². The topological polar surface area (TPSA) is 37.3 Å². The Morgan fingerprint density at radius 2 is 1.74 bits per heavy atom. The van der Waals surface area contributed by atoms with Crippen molar-refractivity contribution in [3.05, 3.63) is 11.1 Å². The van der Waals surface area contributed by atoms with Crippen LogP contribution in [0.4, 0.5) is 0 Å². The number of carbonyl (C=O) groups excluding carboxylic acids is 1. The summed E-state index contributed by atoms with van der Waals surface area (Å²) in [7, 11) is 0. The zero-order chi connectivity index (χ0) is 22.8. The normalized spacial score (nSPS) is 46.0. The van der Waals surface area contributed by atoms with E-state index in [1.807, 2.05) is 0 Å². The molecule has 0 heterocycles. The van der Waals surface area contributed by atoms with Crippen LogP contribution in [0.3, 0.4) is 0 Å². The summed E-state index contributed by atoms with van der Waals surface area (Å²) < 4.78 is 0. The largest absolute Gasteiger partial charge is 0.393 e. The number of carbonyl (C=O) groups is 1. The number of fused-ring (bicyclic) bond motifs is 4. The van der Waals surface area contributed by atoms with E-state index in [0.29, 0.717) is 18.1 Å². The van der Waals surface area contributed by atoms with Gasteiger partial charge in [0.15, 0.2) is 5.78 Å². The molecule has 176 valence electrons. The third kappa shape index (κ3) is 3.41. The second-order valence-electron chi connectivity index (χ2n) is 13.2. The Kier molecular flexibility index (Phi) is 6.07. The third-order valence-corrected chi connectivity index (χ3v) is 11.3. The van der Waals surface area contributed by atoms with Gasteiger partial charge in [0, 0.05) is 17.4 Å². The molecule has 0 aromatic heterocycles. The van der Waals surface area contributed by atoms with Gasteiger partial charge in [-0.05, 0) is 78.9 Å². The highest BCUT2D eigenvalue weighted by Gasteiger charge is 2.63. The molecule has 2 saturated carbocycles. The summed E-state index contributed by atoms with van der Waals surface area (Å²) in [4.78, 5) is 13.8. The summed E-state index contributed by atoms with van der Waals surface area (Å²) >= 11 is 0. The Morgan fingerprint density at radius 1 is 1.03 bits per heavy atom. The average molecular weight is 429 g/mol. The zero-order valence-corrected chi connectivity index (χ0v) is 21.4. The number of aliphatic hydroxyl groups excluding tert-OH is 1. The van der Waals surface area contributed by atoms with E-state index in [2.05, 4.69) is 48.5 Å². The maximum absolute atomic E-state index is 13.8. The van der Waals surface area contributed by atoms with E-state index in [9.17, 15) is 9.90 Å². The highest BCUT2D eigenvalue weighted by molar-refractivity contribution is 5.99. The lowest BCUT2D eigenvalue weighted by molar-refractivity contribution is -0.126. The Labute approximate surface area is 191 Å². The summed E-state index contributed by atoms with van der Waals surface area (Å²) in [6, 6.07) is 0. The van der Waals surface area contributed by atoms with E-state index in [1.165, 1.54) is 49.7 Å². The quantitative estimate of drug-likeness (QED) is 0.497. The summed E-state index contributed by atoms with van der Waals surface area (Å²) in [5, 5.41) is 10.5. The second-order valence-corrected chi connectivity index (χ2v) is 13.2. The van der Waals surface area contributed by atoms with Gasteiger partial charge in [-0.1, -0.05) is 73.3 Å². The summed E-state index contributed by atoms with van der Waals surface area (Å²) in [6.45, 7) is 16.8. The van der Waals surface area contributed by atoms with Crippen LogP contribution in [-0.4, -0.2) is 17.0 Å².